The summed E-state index contributed by atoms with van der Waals surface area (Å²) >= 11 is 1.50. The number of rotatable bonds is 8. The predicted molar refractivity (Wildman–Crippen MR) is 90.9 cm³/mol. The molecule has 2 aromatic rings. The van der Waals surface area contributed by atoms with Crippen molar-refractivity contribution in [3.63, 3.8) is 0 Å². The molecule has 0 aliphatic heterocycles. The van der Waals surface area contributed by atoms with E-state index in [0.29, 0.717) is 18.7 Å². The zero-order chi connectivity index (χ0) is 16.7. The van der Waals surface area contributed by atoms with Crippen LogP contribution in [0, 0.1) is 0 Å². The molecule has 1 aromatic carbocycles. The first-order chi connectivity index (χ1) is 11.1. The first-order valence-corrected chi connectivity index (χ1v) is 8.79. The molecule has 2 rings (SSSR count). The molecular weight excluding hydrogens is 310 g/mol. The smallest absolute Gasteiger partial charge is 0.223 e. The summed E-state index contributed by atoms with van der Waals surface area (Å²) in [5, 5.41) is 12.0. The zero-order valence-corrected chi connectivity index (χ0v) is 14.7. The molecule has 23 heavy (non-hydrogen) atoms. The van der Waals surface area contributed by atoms with Crippen molar-refractivity contribution in [3.8, 4) is 0 Å². The van der Waals surface area contributed by atoms with Gasteiger partial charge in [-0.25, -0.2) is 4.68 Å². The van der Waals surface area contributed by atoms with Crippen LogP contribution in [0.15, 0.2) is 35.5 Å². The summed E-state index contributed by atoms with van der Waals surface area (Å²) in [6.45, 7) is 4.86. The maximum Gasteiger partial charge on any atom is 0.223 e. The van der Waals surface area contributed by atoms with Gasteiger partial charge in [-0.15, -0.1) is 5.10 Å². The van der Waals surface area contributed by atoms with Crippen LogP contribution in [0.3, 0.4) is 0 Å². The van der Waals surface area contributed by atoms with E-state index in [4.69, 9.17) is 0 Å². The van der Waals surface area contributed by atoms with Crippen molar-refractivity contribution in [1.29, 1.82) is 0 Å². The second kappa shape index (κ2) is 8.67. The van der Waals surface area contributed by atoms with Crippen LogP contribution in [0.5, 0.6) is 0 Å². The lowest BCUT2D eigenvalue weighted by Gasteiger charge is -2.29. The number of benzene rings is 1. The molecule has 1 amide bonds. The first kappa shape index (κ1) is 17.5. The minimum absolute atomic E-state index is 0.172. The van der Waals surface area contributed by atoms with Crippen LogP contribution in [-0.2, 0) is 18.4 Å². The number of aryl methyl sites for hydroxylation is 1. The summed E-state index contributed by atoms with van der Waals surface area (Å²) in [7, 11) is 1.80. The molecule has 124 valence electrons. The summed E-state index contributed by atoms with van der Waals surface area (Å²) in [5.41, 5.74) is 1.16. The molecule has 1 aromatic heterocycles. The fraction of sp³-hybridized carbons (Fsp3) is 0.500. The molecule has 1 atom stereocenters. The zero-order valence-electron chi connectivity index (χ0n) is 13.8. The maximum absolute atomic E-state index is 12.6. The average Bonchev–Trinajstić information content (AvgIpc) is 2.98. The standard InChI is InChI=1S/C16H23N5OS/c1-4-13(2)21(12-14-8-6-5-7-9-14)15(22)10-11-23-16-17-18-19-20(16)3/h5-9,13H,4,10-12H2,1-3H3/t13-/m1/s1. The van der Waals surface area contributed by atoms with Crippen LogP contribution >= 0.6 is 11.8 Å². The molecule has 7 heteroatoms. The van der Waals surface area contributed by atoms with E-state index in [0.717, 1.165) is 17.1 Å². The van der Waals surface area contributed by atoms with E-state index < -0.39 is 0 Å². The largest absolute Gasteiger partial charge is 0.336 e. The van der Waals surface area contributed by atoms with Crippen LogP contribution in [0.4, 0.5) is 0 Å². The third-order valence-electron chi connectivity index (χ3n) is 3.77. The van der Waals surface area contributed by atoms with Crippen molar-refractivity contribution in [3.05, 3.63) is 35.9 Å². The van der Waals surface area contributed by atoms with Crippen molar-refractivity contribution < 1.29 is 4.79 Å². The Hall–Kier alpha value is -1.89. The Morgan fingerprint density at radius 3 is 2.70 bits per heavy atom. The van der Waals surface area contributed by atoms with Gasteiger partial charge in [0, 0.05) is 31.8 Å². The van der Waals surface area contributed by atoms with E-state index in [1.807, 2.05) is 23.1 Å². The Balaban J connectivity index is 1.92. The molecule has 0 fully saturated rings. The molecule has 0 aliphatic carbocycles. The SMILES string of the molecule is CC[C@@H](C)N(Cc1ccccc1)C(=O)CCSc1nnnn1C. The van der Waals surface area contributed by atoms with Gasteiger partial charge in [0.25, 0.3) is 0 Å². The van der Waals surface area contributed by atoms with Crippen LogP contribution in [0.25, 0.3) is 0 Å². The van der Waals surface area contributed by atoms with Gasteiger partial charge in [-0.2, -0.15) is 0 Å². The molecule has 6 nitrogen and oxygen atoms in total. The lowest BCUT2D eigenvalue weighted by molar-refractivity contribution is -0.133. The minimum atomic E-state index is 0.172. The summed E-state index contributed by atoms with van der Waals surface area (Å²) < 4.78 is 1.62. The van der Waals surface area contributed by atoms with Crippen LogP contribution in [-0.4, -0.2) is 42.8 Å². The van der Waals surface area contributed by atoms with Gasteiger partial charge < -0.3 is 4.90 Å². The highest BCUT2D eigenvalue weighted by Gasteiger charge is 2.19. The van der Waals surface area contributed by atoms with Crippen molar-refractivity contribution in [2.45, 2.75) is 44.4 Å². The Bertz CT molecular complexity index is 616. The van der Waals surface area contributed by atoms with Crippen molar-refractivity contribution in [2.24, 2.45) is 7.05 Å². The fourth-order valence-electron chi connectivity index (χ4n) is 2.21. The normalized spacial score (nSPS) is 12.1. The Morgan fingerprint density at radius 1 is 1.35 bits per heavy atom. The molecule has 0 radical (unpaired) electrons. The van der Waals surface area contributed by atoms with Gasteiger partial charge in [0.05, 0.1) is 0 Å². The lowest BCUT2D eigenvalue weighted by atomic mass is 10.1. The minimum Gasteiger partial charge on any atom is -0.336 e. The van der Waals surface area contributed by atoms with Crippen LogP contribution in [0.1, 0.15) is 32.3 Å². The highest BCUT2D eigenvalue weighted by atomic mass is 32.2. The lowest BCUT2D eigenvalue weighted by Crippen LogP contribution is -2.37. The van der Waals surface area contributed by atoms with Crippen LogP contribution < -0.4 is 0 Å². The molecule has 0 saturated carbocycles. The van der Waals surface area contributed by atoms with Crippen LogP contribution in [0.2, 0.25) is 0 Å². The third kappa shape index (κ3) is 5.06. The van der Waals surface area contributed by atoms with Gasteiger partial charge in [0.2, 0.25) is 11.1 Å². The molecule has 0 spiro atoms. The van der Waals surface area contributed by atoms with Crippen molar-refractivity contribution >= 4 is 17.7 Å². The van der Waals surface area contributed by atoms with Gasteiger partial charge in [0.1, 0.15) is 0 Å². The molecule has 0 unspecified atom stereocenters. The Kier molecular flexibility index (Phi) is 6.58. The van der Waals surface area contributed by atoms with E-state index in [1.165, 1.54) is 11.8 Å². The molecule has 0 bridgehead atoms. The van der Waals surface area contributed by atoms with Crippen molar-refractivity contribution in [2.75, 3.05) is 5.75 Å². The summed E-state index contributed by atoms with van der Waals surface area (Å²) in [5.74, 6) is 0.847. The number of hydrogen-bond donors (Lipinski definition) is 0. The highest BCUT2D eigenvalue weighted by Crippen LogP contribution is 2.17. The first-order valence-electron chi connectivity index (χ1n) is 7.80. The monoisotopic (exact) mass is 333 g/mol. The van der Waals surface area contributed by atoms with Gasteiger partial charge >= 0.3 is 0 Å². The Morgan fingerprint density at radius 2 is 2.09 bits per heavy atom. The van der Waals surface area contributed by atoms with E-state index >= 15 is 0 Å². The summed E-state index contributed by atoms with van der Waals surface area (Å²) in [4.78, 5) is 14.6. The van der Waals surface area contributed by atoms with E-state index in [2.05, 4.69) is 41.5 Å². The topological polar surface area (TPSA) is 63.9 Å². The van der Waals surface area contributed by atoms with Crippen molar-refractivity contribution in [1.82, 2.24) is 25.1 Å². The quantitative estimate of drug-likeness (QED) is 0.695. The summed E-state index contributed by atoms with van der Waals surface area (Å²) in [6, 6.07) is 10.3. The molecule has 0 aliphatic rings. The van der Waals surface area contributed by atoms with E-state index in [9.17, 15) is 4.79 Å². The van der Waals surface area contributed by atoms with Gasteiger partial charge in [0.15, 0.2) is 0 Å². The number of hydrogen-bond acceptors (Lipinski definition) is 5. The predicted octanol–water partition coefficient (Wildman–Crippen LogP) is 2.52. The summed E-state index contributed by atoms with van der Waals surface area (Å²) in [6.07, 6.45) is 1.42. The molecular formula is C16H23N5OS. The number of nitrogens with zero attached hydrogens (tertiary/aromatic N) is 5. The van der Waals surface area contributed by atoms with Gasteiger partial charge in [-0.1, -0.05) is 49.0 Å². The number of carbonyl (C=O) groups excluding carboxylic acids is 1. The number of carbonyl (C=O) groups is 1. The van der Waals surface area contributed by atoms with E-state index in [-0.39, 0.29) is 11.9 Å². The number of amides is 1. The van der Waals surface area contributed by atoms with Gasteiger partial charge in [-0.3, -0.25) is 4.79 Å². The Labute approximate surface area is 141 Å². The molecule has 0 N–H and O–H groups in total. The highest BCUT2D eigenvalue weighted by molar-refractivity contribution is 7.99. The third-order valence-corrected chi connectivity index (χ3v) is 4.78. The fourth-order valence-corrected chi connectivity index (χ4v) is 2.98. The van der Waals surface area contributed by atoms with E-state index in [1.54, 1.807) is 11.7 Å². The second-order valence-electron chi connectivity index (χ2n) is 5.45. The molecule has 1 heterocycles. The van der Waals surface area contributed by atoms with Gasteiger partial charge in [-0.05, 0) is 29.3 Å². The maximum atomic E-state index is 12.6. The second-order valence-corrected chi connectivity index (χ2v) is 6.51. The number of tetrazole rings is 1. The average molecular weight is 333 g/mol. The number of aromatic nitrogens is 4. The molecule has 0 saturated heterocycles. The number of thioether (sulfide) groups is 1.